The Kier molecular flexibility index (Phi) is 5.92. The van der Waals surface area contributed by atoms with Gasteiger partial charge in [0, 0.05) is 24.1 Å². The van der Waals surface area contributed by atoms with Crippen molar-refractivity contribution in [1.29, 1.82) is 0 Å². The molecule has 2 fully saturated rings. The number of halogens is 2. The van der Waals surface area contributed by atoms with Gasteiger partial charge in [0.2, 0.25) is 5.91 Å². The number of amides is 1. The van der Waals surface area contributed by atoms with Crippen molar-refractivity contribution < 1.29 is 4.79 Å². The molecular weight excluding hydrogens is 364 g/mol. The Bertz CT molecular complexity index is 525. The molecule has 1 saturated carbocycles. The molecule has 0 spiro atoms. The van der Waals surface area contributed by atoms with Gasteiger partial charge < -0.3 is 10.2 Å². The van der Waals surface area contributed by atoms with Gasteiger partial charge >= 0.3 is 0 Å². The Morgan fingerprint density at radius 3 is 2.68 bits per heavy atom. The van der Waals surface area contributed by atoms with E-state index in [1.807, 2.05) is 24.1 Å². The fraction of sp³-hybridized carbons (Fsp3) is 0.588. The first-order valence-corrected chi connectivity index (χ1v) is 8.67. The Hall–Kier alpha value is -0.580. The van der Waals surface area contributed by atoms with E-state index in [0.717, 1.165) is 49.7 Å². The van der Waals surface area contributed by atoms with Gasteiger partial charge in [-0.2, -0.15) is 0 Å². The van der Waals surface area contributed by atoms with E-state index in [0.29, 0.717) is 11.9 Å². The van der Waals surface area contributed by atoms with Crippen molar-refractivity contribution in [1.82, 2.24) is 10.2 Å². The van der Waals surface area contributed by atoms with Crippen LogP contribution >= 0.6 is 28.3 Å². The Morgan fingerprint density at radius 1 is 1.36 bits per heavy atom. The molecule has 1 aromatic carbocycles. The van der Waals surface area contributed by atoms with Gasteiger partial charge in [-0.1, -0.05) is 40.9 Å². The van der Waals surface area contributed by atoms with Crippen molar-refractivity contribution in [3.63, 3.8) is 0 Å². The molecule has 1 aliphatic carbocycles. The van der Waals surface area contributed by atoms with Crippen molar-refractivity contribution in [2.45, 2.75) is 43.6 Å². The van der Waals surface area contributed by atoms with Gasteiger partial charge in [-0.15, -0.1) is 12.4 Å². The maximum Gasteiger partial charge on any atom is 0.233 e. The van der Waals surface area contributed by atoms with Crippen LogP contribution in [0.15, 0.2) is 28.7 Å². The normalized spacial score (nSPS) is 23.1. The minimum Gasteiger partial charge on any atom is -0.341 e. The second-order valence-electron chi connectivity index (χ2n) is 6.36. The lowest BCUT2D eigenvalue weighted by atomic mass is 9.77. The third kappa shape index (κ3) is 3.19. The van der Waals surface area contributed by atoms with Gasteiger partial charge in [-0.25, -0.2) is 0 Å². The SMILES string of the molecule is CN(C(=O)C1(c2cccc(Br)c2)CCCC1)C1CCNC1.Cl. The number of nitrogens with one attached hydrogen (secondary N) is 1. The molecule has 122 valence electrons. The van der Waals surface area contributed by atoms with Crippen LogP contribution in [-0.4, -0.2) is 37.0 Å². The number of benzene rings is 1. The van der Waals surface area contributed by atoms with Crippen molar-refractivity contribution in [3.05, 3.63) is 34.3 Å². The zero-order valence-corrected chi connectivity index (χ0v) is 15.4. The highest BCUT2D eigenvalue weighted by Crippen LogP contribution is 2.43. The summed E-state index contributed by atoms with van der Waals surface area (Å²) >= 11 is 3.55. The fourth-order valence-electron chi connectivity index (χ4n) is 3.86. The predicted octanol–water partition coefficient (Wildman–Crippen LogP) is 3.50. The largest absolute Gasteiger partial charge is 0.341 e. The maximum atomic E-state index is 13.2. The molecule has 0 aromatic heterocycles. The number of nitrogens with zero attached hydrogens (tertiary/aromatic N) is 1. The standard InChI is InChI=1S/C17H23BrN2O.ClH/c1-20(15-7-10-19-12-15)16(21)17(8-2-3-9-17)13-5-4-6-14(18)11-13;/h4-6,11,15,19H,2-3,7-10,12H2,1H3;1H. The number of hydrogen-bond donors (Lipinski definition) is 1. The summed E-state index contributed by atoms with van der Waals surface area (Å²) in [6, 6.07) is 8.67. The molecule has 5 heteroatoms. The van der Waals surface area contributed by atoms with Crippen molar-refractivity contribution in [2.24, 2.45) is 0 Å². The molecule has 22 heavy (non-hydrogen) atoms. The average molecular weight is 388 g/mol. The molecule has 0 bridgehead atoms. The zero-order chi connectivity index (χ0) is 14.9. The highest BCUT2D eigenvalue weighted by molar-refractivity contribution is 9.10. The smallest absolute Gasteiger partial charge is 0.233 e. The first-order valence-electron chi connectivity index (χ1n) is 7.87. The summed E-state index contributed by atoms with van der Waals surface area (Å²) in [4.78, 5) is 15.3. The van der Waals surface area contributed by atoms with Crippen LogP contribution in [-0.2, 0) is 10.2 Å². The third-order valence-electron chi connectivity index (χ3n) is 5.15. The molecular formula is C17H24BrClN2O. The van der Waals surface area contributed by atoms with Crippen molar-refractivity contribution >= 4 is 34.2 Å². The van der Waals surface area contributed by atoms with Gasteiger partial charge in [0.1, 0.15) is 0 Å². The number of hydrogen-bond acceptors (Lipinski definition) is 2. The average Bonchev–Trinajstić information content (AvgIpc) is 3.17. The van der Waals surface area contributed by atoms with Crippen LogP contribution in [0.4, 0.5) is 0 Å². The van der Waals surface area contributed by atoms with Gasteiger partial charge in [-0.05, 0) is 43.5 Å². The van der Waals surface area contributed by atoms with Gasteiger partial charge in [0.25, 0.3) is 0 Å². The van der Waals surface area contributed by atoms with Crippen LogP contribution in [0, 0.1) is 0 Å². The van der Waals surface area contributed by atoms with Gasteiger partial charge in [0.05, 0.1) is 5.41 Å². The van der Waals surface area contributed by atoms with Gasteiger partial charge in [0.15, 0.2) is 0 Å². The molecule has 1 aromatic rings. The number of carbonyl (C=O) groups is 1. The molecule has 1 N–H and O–H groups in total. The fourth-order valence-corrected chi connectivity index (χ4v) is 4.26. The first-order chi connectivity index (χ1) is 10.1. The van der Waals surface area contributed by atoms with Crippen molar-refractivity contribution in [3.8, 4) is 0 Å². The molecule has 1 heterocycles. The Labute approximate surface area is 147 Å². The molecule has 1 unspecified atom stereocenters. The van der Waals surface area contributed by atoms with E-state index >= 15 is 0 Å². The minimum absolute atomic E-state index is 0. The Morgan fingerprint density at radius 2 is 2.09 bits per heavy atom. The topological polar surface area (TPSA) is 32.3 Å². The van der Waals surface area contributed by atoms with E-state index in [1.54, 1.807) is 0 Å². The van der Waals surface area contributed by atoms with E-state index in [9.17, 15) is 4.79 Å². The highest BCUT2D eigenvalue weighted by atomic mass is 79.9. The molecule has 1 atom stereocenters. The highest BCUT2D eigenvalue weighted by Gasteiger charge is 2.45. The predicted molar refractivity (Wildman–Crippen MR) is 95.6 cm³/mol. The number of rotatable bonds is 3. The minimum atomic E-state index is -0.304. The Balaban J connectivity index is 0.00000176. The summed E-state index contributed by atoms with van der Waals surface area (Å²) in [5, 5.41) is 3.36. The first kappa shape index (κ1) is 17.8. The summed E-state index contributed by atoms with van der Waals surface area (Å²) in [6.45, 7) is 1.95. The summed E-state index contributed by atoms with van der Waals surface area (Å²) in [7, 11) is 1.98. The third-order valence-corrected chi connectivity index (χ3v) is 5.64. The lowest BCUT2D eigenvalue weighted by Crippen LogP contribution is -2.48. The van der Waals surface area contributed by atoms with E-state index < -0.39 is 0 Å². The molecule has 1 amide bonds. The summed E-state index contributed by atoms with van der Waals surface area (Å²) in [5.41, 5.74) is 0.874. The van der Waals surface area contributed by atoms with E-state index in [2.05, 4.69) is 33.4 Å². The summed E-state index contributed by atoms with van der Waals surface area (Å²) in [5.74, 6) is 0.312. The van der Waals surface area contributed by atoms with E-state index in [-0.39, 0.29) is 17.8 Å². The van der Waals surface area contributed by atoms with Crippen LogP contribution < -0.4 is 5.32 Å². The van der Waals surface area contributed by atoms with Crippen LogP contribution in [0.1, 0.15) is 37.7 Å². The van der Waals surface area contributed by atoms with Crippen LogP contribution in [0.3, 0.4) is 0 Å². The van der Waals surface area contributed by atoms with E-state index in [1.165, 1.54) is 5.56 Å². The molecule has 1 saturated heterocycles. The van der Waals surface area contributed by atoms with Crippen LogP contribution in [0.25, 0.3) is 0 Å². The second kappa shape index (κ2) is 7.33. The molecule has 0 radical (unpaired) electrons. The van der Waals surface area contributed by atoms with Crippen LogP contribution in [0.2, 0.25) is 0 Å². The van der Waals surface area contributed by atoms with Crippen molar-refractivity contribution in [2.75, 3.05) is 20.1 Å². The summed E-state index contributed by atoms with van der Waals surface area (Å²) < 4.78 is 1.06. The monoisotopic (exact) mass is 386 g/mol. The quantitative estimate of drug-likeness (QED) is 0.861. The lowest BCUT2D eigenvalue weighted by Gasteiger charge is -2.35. The molecule has 1 aliphatic heterocycles. The van der Waals surface area contributed by atoms with Gasteiger partial charge in [-0.3, -0.25) is 4.79 Å². The molecule has 2 aliphatic rings. The lowest BCUT2D eigenvalue weighted by molar-refractivity contribution is -0.137. The summed E-state index contributed by atoms with van der Waals surface area (Å²) in [6.07, 6.45) is 5.32. The molecule has 3 nitrogen and oxygen atoms in total. The molecule has 3 rings (SSSR count). The second-order valence-corrected chi connectivity index (χ2v) is 7.28. The van der Waals surface area contributed by atoms with E-state index in [4.69, 9.17) is 0 Å². The number of carbonyl (C=O) groups excluding carboxylic acids is 1. The maximum absolute atomic E-state index is 13.2. The van der Waals surface area contributed by atoms with Crippen LogP contribution in [0.5, 0.6) is 0 Å². The number of likely N-dealkylation sites (N-methyl/N-ethyl adjacent to an activating group) is 1. The zero-order valence-electron chi connectivity index (χ0n) is 13.0.